The number of likely N-dealkylation sites (tertiary alicyclic amines) is 1. The molecule has 2 rings (SSSR count). The number of ketones is 1. The lowest BCUT2D eigenvalue weighted by Crippen LogP contribution is -2.35. The van der Waals surface area contributed by atoms with E-state index in [4.69, 9.17) is 9.47 Å². The van der Waals surface area contributed by atoms with Crippen molar-refractivity contribution < 1.29 is 19.1 Å². The summed E-state index contributed by atoms with van der Waals surface area (Å²) in [6, 6.07) is 7.07. The summed E-state index contributed by atoms with van der Waals surface area (Å²) in [6.45, 7) is 6.48. The molecule has 0 radical (unpaired) electrons. The van der Waals surface area contributed by atoms with Crippen molar-refractivity contribution in [2.45, 2.75) is 32.8 Å². The van der Waals surface area contributed by atoms with Gasteiger partial charge < -0.3 is 14.4 Å². The van der Waals surface area contributed by atoms with E-state index in [0.717, 1.165) is 5.75 Å². The summed E-state index contributed by atoms with van der Waals surface area (Å²) in [5.41, 5.74) is 0.131. The Hall–Kier alpha value is -2.04. The van der Waals surface area contributed by atoms with E-state index in [0.29, 0.717) is 25.1 Å². The van der Waals surface area contributed by atoms with Crippen LogP contribution in [-0.2, 0) is 4.74 Å². The van der Waals surface area contributed by atoms with Crippen LogP contribution in [0, 0.1) is 5.92 Å². The molecule has 0 spiro atoms. The normalized spacial score (nSPS) is 18.2. The Morgan fingerprint density at radius 2 is 1.82 bits per heavy atom. The molecule has 1 atom stereocenters. The summed E-state index contributed by atoms with van der Waals surface area (Å²) >= 11 is 0. The predicted molar refractivity (Wildman–Crippen MR) is 83.2 cm³/mol. The largest absolute Gasteiger partial charge is 0.497 e. The maximum absolute atomic E-state index is 12.5. The number of hydrogen-bond donors (Lipinski definition) is 0. The molecule has 5 heteroatoms. The molecule has 5 nitrogen and oxygen atoms in total. The highest BCUT2D eigenvalue weighted by Gasteiger charge is 2.33. The Morgan fingerprint density at radius 3 is 2.36 bits per heavy atom. The van der Waals surface area contributed by atoms with Crippen LogP contribution in [0.2, 0.25) is 0 Å². The number of rotatable bonds is 3. The van der Waals surface area contributed by atoms with Crippen molar-refractivity contribution in [3.8, 4) is 5.75 Å². The quantitative estimate of drug-likeness (QED) is 0.805. The van der Waals surface area contributed by atoms with Crippen LogP contribution in [0.4, 0.5) is 4.79 Å². The van der Waals surface area contributed by atoms with Crippen LogP contribution in [0.1, 0.15) is 37.6 Å². The number of methoxy groups -OCH3 is 1. The lowest BCUT2D eigenvalue weighted by Gasteiger charge is -2.24. The number of hydrogen-bond acceptors (Lipinski definition) is 4. The molecule has 0 N–H and O–H groups in total. The Kier molecular flexibility index (Phi) is 4.74. The van der Waals surface area contributed by atoms with Crippen LogP contribution < -0.4 is 4.74 Å². The van der Waals surface area contributed by atoms with E-state index in [9.17, 15) is 9.59 Å². The van der Waals surface area contributed by atoms with Crippen LogP contribution in [-0.4, -0.2) is 42.6 Å². The van der Waals surface area contributed by atoms with E-state index in [1.54, 1.807) is 36.3 Å². The van der Waals surface area contributed by atoms with Crippen molar-refractivity contribution in [1.82, 2.24) is 4.90 Å². The first-order chi connectivity index (χ1) is 10.3. The van der Waals surface area contributed by atoms with Gasteiger partial charge in [-0.15, -0.1) is 0 Å². The molecule has 0 aliphatic carbocycles. The second kappa shape index (κ2) is 6.38. The summed E-state index contributed by atoms with van der Waals surface area (Å²) < 4.78 is 10.4. The van der Waals surface area contributed by atoms with Gasteiger partial charge in [0.05, 0.1) is 7.11 Å². The molecule has 120 valence electrons. The monoisotopic (exact) mass is 305 g/mol. The summed E-state index contributed by atoms with van der Waals surface area (Å²) in [7, 11) is 1.59. The number of carbonyl (C=O) groups is 2. The van der Waals surface area contributed by atoms with Gasteiger partial charge in [0, 0.05) is 24.6 Å². The Morgan fingerprint density at radius 1 is 1.18 bits per heavy atom. The molecule has 1 saturated heterocycles. The second-order valence-corrected chi connectivity index (χ2v) is 6.50. The predicted octanol–water partition coefficient (Wildman–Crippen LogP) is 3.13. The zero-order valence-electron chi connectivity index (χ0n) is 13.6. The van der Waals surface area contributed by atoms with Crippen molar-refractivity contribution in [1.29, 1.82) is 0 Å². The Bertz CT molecular complexity index is 545. The van der Waals surface area contributed by atoms with E-state index in [1.807, 2.05) is 20.8 Å². The zero-order chi connectivity index (χ0) is 16.3. The number of ether oxygens (including phenoxy) is 2. The fourth-order valence-corrected chi connectivity index (χ4v) is 2.46. The summed E-state index contributed by atoms with van der Waals surface area (Å²) in [5, 5.41) is 0. The maximum atomic E-state index is 12.5. The van der Waals surface area contributed by atoms with Crippen molar-refractivity contribution in [3.05, 3.63) is 29.8 Å². The van der Waals surface area contributed by atoms with Gasteiger partial charge in [-0.25, -0.2) is 4.79 Å². The van der Waals surface area contributed by atoms with Crippen LogP contribution in [0.3, 0.4) is 0 Å². The minimum Gasteiger partial charge on any atom is -0.497 e. The number of benzene rings is 1. The van der Waals surface area contributed by atoms with E-state index in [1.165, 1.54) is 0 Å². The highest BCUT2D eigenvalue weighted by Crippen LogP contribution is 2.24. The van der Waals surface area contributed by atoms with Crippen LogP contribution in [0.5, 0.6) is 5.75 Å². The minimum absolute atomic E-state index is 0.0636. The summed E-state index contributed by atoms with van der Waals surface area (Å²) in [4.78, 5) is 26.1. The van der Waals surface area contributed by atoms with Gasteiger partial charge in [0.1, 0.15) is 11.4 Å². The van der Waals surface area contributed by atoms with Gasteiger partial charge in [0.15, 0.2) is 5.78 Å². The maximum Gasteiger partial charge on any atom is 0.410 e. The number of Topliss-reactive ketones (excluding diaryl/α,β-unsaturated/α-hetero) is 1. The Balaban J connectivity index is 1.97. The van der Waals surface area contributed by atoms with Gasteiger partial charge in [0.2, 0.25) is 0 Å². The van der Waals surface area contributed by atoms with Crippen molar-refractivity contribution >= 4 is 11.9 Å². The fraction of sp³-hybridized carbons (Fsp3) is 0.529. The van der Waals surface area contributed by atoms with E-state index < -0.39 is 5.60 Å². The third kappa shape index (κ3) is 4.00. The highest BCUT2D eigenvalue weighted by atomic mass is 16.6. The average molecular weight is 305 g/mol. The SMILES string of the molecule is COc1ccc(C(=O)[C@H]2CCN(C(=O)OC(C)(C)C)C2)cc1. The molecule has 0 aromatic heterocycles. The molecular formula is C17H23NO4. The first kappa shape index (κ1) is 16.3. The third-order valence-electron chi connectivity index (χ3n) is 3.59. The van der Waals surface area contributed by atoms with E-state index in [-0.39, 0.29) is 17.8 Å². The van der Waals surface area contributed by atoms with Gasteiger partial charge in [-0.1, -0.05) is 0 Å². The van der Waals surface area contributed by atoms with Gasteiger partial charge in [-0.05, 0) is 51.5 Å². The number of nitrogens with zero attached hydrogens (tertiary/aromatic N) is 1. The number of carbonyl (C=O) groups excluding carboxylic acids is 2. The molecule has 1 heterocycles. The van der Waals surface area contributed by atoms with Crippen LogP contribution >= 0.6 is 0 Å². The fourth-order valence-electron chi connectivity index (χ4n) is 2.46. The van der Waals surface area contributed by atoms with Gasteiger partial charge in [-0.2, -0.15) is 0 Å². The first-order valence-corrected chi connectivity index (χ1v) is 7.46. The van der Waals surface area contributed by atoms with Crippen LogP contribution in [0.25, 0.3) is 0 Å². The van der Waals surface area contributed by atoms with Crippen LogP contribution in [0.15, 0.2) is 24.3 Å². The highest BCUT2D eigenvalue weighted by molar-refractivity contribution is 5.98. The van der Waals surface area contributed by atoms with E-state index in [2.05, 4.69) is 0 Å². The molecular weight excluding hydrogens is 282 g/mol. The molecule has 1 aromatic rings. The van der Waals surface area contributed by atoms with Crippen molar-refractivity contribution in [2.75, 3.05) is 20.2 Å². The number of amides is 1. The molecule has 1 aliphatic heterocycles. The molecule has 1 fully saturated rings. The lowest BCUT2D eigenvalue weighted by atomic mass is 9.97. The topological polar surface area (TPSA) is 55.8 Å². The van der Waals surface area contributed by atoms with Gasteiger partial charge >= 0.3 is 6.09 Å². The molecule has 22 heavy (non-hydrogen) atoms. The smallest absolute Gasteiger partial charge is 0.410 e. The third-order valence-corrected chi connectivity index (χ3v) is 3.59. The molecule has 1 amide bonds. The average Bonchev–Trinajstić information content (AvgIpc) is 2.95. The van der Waals surface area contributed by atoms with Gasteiger partial charge in [-0.3, -0.25) is 4.79 Å². The zero-order valence-corrected chi connectivity index (χ0v) is 13.6. The second-order valence-electron chi connectivity index (χ2n) is 6.50. The van der Waals surface area contributed by atoms with Crippen molar-refractivity contribution in [3.63, 3.8) is 0 Å². The molecule has 0 bridgehead atoms. The van der Waals surface area contributed by atoms with Crippen molar-refractivity contribution in [2.24, 2.45) is 5.92 Å². The van der Waals surface area contributed by atoms with E-state index >= 15 is 0 Å². The molecule has 1 aliphatic rings. The summed E-state index contributed by atoms with van der Waals surface area (Å²) in [6.07, 6.45) is 0.321. The molecule has 0 unspecified atom stereocenters. The standard InChI is InChI=1S/C17H23NO4/c1-17(2,3)22-16(20)18-10-9-13(11-18)15(19)12-5-7-14(21-4)8-6-12/h5-8,13H,9-11H2,1-4H3/t13-/m0/s1. The molecule has 0 saturated carbocycles. The first-order valence-electron chi connectivity index (χ1n) is 7.46. The molecule has 1 aromatic carbocycles. The summed E-state index contributed by atoms with van der Waals surface area (Å²) in [5.74, 6) is 0.618. The minimum atomic E-state index is -0.519. The van der Waals surface area contributed by atoms with Gasteiger partial charge in [0.25, 0.3) is 0 Å². The lowest BCUT2D eigenvalue weighted by molar-refractivity contribution is 0.0289. The Labute approximate surface area is 131 Å².